The van der Waals surface area contributed by atoms with Crippen molar-refractivity contribution in [3.8, 4) is 0 Å². The maximum Gasteiger partial charge on any atom is 0.157 e. The Hall–Kier alpha value is -2.33. The normalized spacial score (nSPS) is 20.2. The Bertz CT molecular complexity index is 852. The second-order valence-electron chi connectivity index (χ2n) is 5.63. The van der Waals surface area contributed by atoms with Crippen LogP contribution in [-0.4, -0.2) is 21.5 Å². The molecule has 0 amide bonds. The molecule has 0 saturated heterocycles. The predicted octanol–water partition coefficient (Wildman–Crippen LogP) is 1.34. The molecule has 2 aliphatic heterocycles. The predicted molar refractivity (Wildman–Crippen MR) is 78.0 cm³/mol. The van der Waals surface area contributed by atoms with E-state index in [1.165, 1.54) is 38.5 Å². The summed E-state index contributed by atoms with van der Waals surface area (Å²) in [7, 11) is 0. The van der Waals surface area contributed by atoms with E-state index in [1.54, 1.807) is 6.33 Å². The SMILES string of the molecule is C1=C2c3[nH]c4ccccc4c3CC[NH+]2Cc2[nH]cnc21. The third-order valence-electron chi connectivity index (χ3n) is 4.56. The average Bonchev–Trinajstić information content (AvgIpc) is 3.08. The first-order valence-electron chi connectivity index (χ1n) is 7.09. The van der Waals surface area contributed by atoms with Crippen molar-refractivity contribution in [2.75, 3.05) is 6.54 Å². The van der Waals surface area contributed by atoms with E-state index in [-0.39, 0.29) is 0 Å². The monoisotopic (exact) mass is 263 g/mol. The summed E-state index contributed by atoms with van der Waals surface area (Å²) >= 11 is 0. The van der Waals surface area contributed by atoms with Crippen LogP contribution in [0.5, 0.6) is 0 Å². The molecule has 1 aromatic carbocycles. The van der Waals surface area contributed by atoms with E-state index in [0.29, 0.717) is 0 Å². The third-order valence-corrected chi connectivity index (χ3v) is 4.56. The number of para-hydroxylation sites is 1. The first kappa shape index (κ1) is 10.5. The second kappa shape index (κ2) is 3.61. The van der Waals surface area contributed by atoms with Crippen LogP contribution in [0.1, 0.15) is 22.6 Å². The molecular formula is C16H15N4+. The lowest BCUT2D eigenvalue weighted by atomic mass is 9.98. The van der Waals surface area contributed by atoms with Crippen molar-refractivity contribution in [1.82, 2.24) is 15.0 Å². The largest absolute Gasteiger partial charge is 0.350 e. The molecule has 3 N–H and O–H groups in total. The highest BCUT2D eigenvalue weighted by Crippen LogP contribution is 2.30. The Morgan fingerprint density at radius 1 is 1.20 bits per heavy atom. The van der Waals surface area contributed by atoms with Gasteiger partial charge in [0, 0.05) is 23.4 Å². The molecule has 2 aliphatic rings. The molecule has 1 atom stereocenters. The maximum atomic E-state index is 4.42. The van der Waals surface area contributed by atoms with Gasteiger partial charge in [-0.05, 0) is 11.6 Å². The minimum Gasteiger partial charge on any atom is -0.350 e. The number of rotatable bonds is 0. The highest BCUT2D eigenvalue weighted by molar-refractivity contribution is 5.91. The summed E-state index contributed by atoms with van der Waals surface area (Å²) in [5.41, 5.74) is 7.73. The third kappa shape index (κ3) is 1.26. The van der Waals surface area contributed by atoms with Gasteiger partial charge < -0.3 is 9.97 Å². The number of hydrogen-bond acceptors (Lipinski definition) is 1. The van der Waals surface area contributed by atoms with E-state index in [4.69, 9.17) is 0 Å². The minimum absolute atomic E-state index is 1.01. The first-order chi connectivity index (χ1) is 9.90. The molecule has 3 aromatic rings. The fraction of sp³-hybridized carbons (Fsp3) is 0.188. The number of H-pyrrole nitrogens is 2. The quantitative estimate of drug-likeness (QED) is 0.563. The molecule has 0 aliphatic carbocycles. The number of aromatic amines is 2. The Morgan fingerprint density at radius 2 is 2.15 bits per heavy atom. The van der Waals surface area contributed by atoms with Gasteiger partial charge in [0.15, 0.2) is 5.70 Å². The summed E-state index contributed by atoms with van der Waals surface area (Å²) < 4.78 is 0. The number of fused-ring (bicyclic) bond motifs is 6. The summed E-state index contributed by atoms with van der Waals surface area (Å²) in [6.07, 6.45) is 5.17. The number of aromatic nitrogens is 3. The Balaban J connectivity index is 1.79. The zero-order valence-electron chi connectivity index (χ0n) is 11.0. The molecular weight excluding hydrogens is 248 g/mol. The van der Waals surface area contributed by atoms with E-state index >= 15 is 0 Å². The van der Waals surface area contributed by atoms with Crippen LogP contribution in [-0.2, 0) is 13.0 Å². The van der Waals surface area contributed by atoms with Crippen LogP contribution < -0.4 is 4.90 Å². The Labute approximate surface area is 116 Å². The number of hydrogen-bond donors (Lipinski definition) is 3. The molecule has 20 heavy (non-hydrogen) atoms. The van der Waals surface area contributed by atoms with Gasteiger partial charge in [0.2, 0.25) is 0 Å². The van der Waals surface area contributed by atoms with Crippen LogP contribution in [0.15, 0.2) is 30.6 Å². The fourth-order valence-corrected chi connectivity index (χ4v) is 3.58. The first-order valence-corrected chi connectivity index (χ1v) is 7.09. The maximum absolute atomic E-state index is 4.42. The Kier molecular flexibility index (Phi) is 1.89. The lowest BCUT2D eigenvalue weighted by Gasteiger charge is -2.28. The highest BCUT2D eigenvalue weighted by atomic mass is 15.2. The molecule has 4 heteroatoms. The highest BCUT2D eigenvalue weighted by Gasteiger charge is 2.33. The molecule has 0 fully saturated rings. The molecule has 98 valence electrons. The topological polar surface area (TPSA) is 48.9 Å². The van der Waals surface area contributed by atoms with Gasteiger partial charge in [-0.15, -0.1) is 0 Å². The number of nitrogens with zero attached hydrogens (tertiary/aromatic N) is 1. The zero-order valence-corrected chi connectivity index (χ0v) is 11.0. The summed E-state index contributed by atoms with van der Waals surface area (Å²) in [4.78, 5) is 12.8. The van der Waals surface area contributed by atoms with E-state index in [0.717, 1.165) is 25.2 Å². The molecule has 0 radical (unpaired) electrons. The van der Waals surface area contributed by atoms with Crippen molar-refractivity contribution in [3.05, 3.63) is 53.2 Å². The van der Waals surface area contributed by atoms with Gasteiger partial charge in [-0.25, -0.2) is 4.98 Å². The number of quaternary nitrogens is 1. The average molecular weight is 263 g/mol. The fourth-order valence-electron chi connectivity index (χ4n) is 3.58. The Morgan fingerprint density at radius 3 is 3.15 bits per heavy atom. The van der Waals surface area contributed by atoms with Crippen molar-refractivity contribution in [2.45, 2.75) is 13.0 Å². The number of imidazole rings is 1. The van der Waals surface area contributed by atoms with Crippen molar-refractivity contribution < 1.29 is 4.90 Å². The van der Waals surface area contributed by atoms with E-state index in [1.807, 2.05) is 0 Å². The second-order valence-corrected chi connectivity index (χ2v) is 5.63. The van der Waals surface area contributed by atoms with Gasteiger partial charge >= 0.3 is 0 Å². The van der Waals surface area contributed by atoms with Gasteiger partial charge in [-0.2, -0.15) is 0 Å². The van der Waals surface area contributed by atoms with Crippen molar-refractivity contribution in [1.29, 1.82) is 0 Å². The molecule has 0 spiro atoms. The molecule has 4 nitrogen and oxygen atoms in total. The molecule has 1 unspecified atom stereocenters. The standard InChI is InChI=1S/C16H14N4/c1-2-4-12-10(3-1)11-5-6-20-8-14-13(17-9-18-14)7-15(20)16(11)19-12/h1-4,7,9,19H,5-6,8H2,(H,17,18)/p+1. The number of benzene rings is 1. The number of nitrogens with one attached hydrogen (secondary N) is 3. The smallest absolute Gasteiger partial charge is 0.157 e. The van der Waals surface area contributed by atoms with Crippen molar-refractivity contribution in [2.24, 2.45) is 0 Å². The van der Waals surface area contributed by atoms with Crippen LogP contribution in [0, 0.1) is 0 Å². The minimum atomic E-state index is 1.01. The summed E-state index contributed by atoms with van der Waals surface area (Å²) in [5, 5.41) is 1.37. The lowest BCUT2D eigenvalue weighted by Crippen LogP contribution is -3.09. The summed E-state index contributed by atoms with van der Waals surface area (Å²) in [6.45, 7) is 2.16. The van der Waals surface area contributed by atoms with Gasteiger partial charge in [0.25, 0.3) is 0 Å². The molecule has 0 saturated carbocycles. The van der Waals surface area contributed by atoms with Crippen LogP contribution in [0.25, 0.3) is 22.7 Å². The van der Waals surface area contributed by atoms with Crippen LogP contribution in [0.3, 0.4) is 0 Å². The molecule has 0 bridgehead atoms. The van der Waals surface area contributed by atoms with E-state index in [2.05, 4.69) is 45.3 Å². The lowest BCUT2D eigenvalue weighted by molar-refractivity contribution is -0.842. The van der Waals surface area contributed by atoms with Gasteiger partial charge in [0.1, 0.15) is 12.2 Å². The molecule has 4 heterocycles. The summed E-state index contributed by atoms with van der Waals surface area (Å²) in [5.74, 6) is 0. The van der Waals surface area contributed by atoms with Gasteiger partial charge in [-0.3, -0.25) is 4.90 Å². The summed E-state index contributed by atoms with van der Waals surface area (Å²) in [6, 6.07) is 8.60. The van der Waals surface area contributed by atoms with E-state index < -0.39 is 0 Å². The van der Waals surface area contributed by atoms with Crippen LogP contribution in [0.2, 0.25) is 0 Å². The van der Waals surface area contributed by atoms with Gasteiger partial charge in [-0.1, -0.05) is 18.2 Å². The zero-order chi connectivity index (χ0) is 13.1. The van der Waals surface area contributed by atoms with Crippen LogP contribution in [0.4, 0.5) is 0 Å². The van der Waals surface area contributed by atoms with E-state index in [9.17, 15) is 0 Å². The molecule has 5 rings (SSSR count). The molecule has 2 aromatic heterocycles. The van der Waals surface area contributed by atoms with Crippen molar-refractivity contribution >= 4 is 22.7 Å². The van der Waals surface area contributed by atoms with Crippen LogP contribution >= 0.6 is 0 Å². The van der Waals surface area contributed by atoms with Gasteiger partial charge in [0.05, 0.1) is 24.3 Å². The van der Waals surface area contributed by atoms with Crippen molar-refractivity contribution in [3.63, 3.8) is 0 Å².